The van der Waals surface area contributed by atoms with Gasteiger partial charge < -0.3 is 9.13 Å². The minimum absolute atomic E-state index is 0.0763. The largest absolute Gasteiger partial charge is 0.308 e. The van der Waals surface area contributed by atoms with Crippen LogP contribution < -0.4 is 0 Å². The van der Waals surface area contributed by atoms with Crippen molar-refractivity contribution < 1.29 is 0 Å². The maximum absolute atomic E-state index is 2.49. The Morgan fingerprint density at radius 3 is 1.19 bits per heavy atom. The fourth-order valence-corrected chi connectivity index (χ4v) is 9.40. The Kier molecular flexibility index (Phi) is 6.44. The highest BCUT2D eigenvalue weighted by atomic mass is 15.1. The van der Waals surface area contributed by atoms with Crippen LogP contribution in [-0.2, 0) is 10.8 Å². The minimum atomic E-state index is -0.0763. The van der Waals surface area contributed by atoms with E-state index in [9.17, 15) is 0 Å². The van der Waals surface area contributed by atoms with Gasteiger partial charge in [0.1, 0.15) is 0 Å². The van der Waals surface area contributed by atoms with Gasteiger partial charge in [0.2, 0.25) is 0 Å². The van der Waals surface area contributed by atoms with Gasteiger partial charge in [-0.2, -0.15) is 0 Å². The van der Waals surface area contributed by atoms with Crippen LogP contribution in [0.4, 0.5) is 0 Å². The summed E-state index contributed by atoms with van der Waals surface area (Å²) in [5.41, 5.74) is 22.9. The van der Waals surface area contributed by atoms with E-state index in [1.807, 2.05) is 0 Å². The van der Waals surface area contributed by atoms with E-state index in [2.05, 4.69) is 196 Å². The maximum Gasteiger partial charge on any atom is 0.0724 e. The topological polar surface area (TPSA) is 9.86 Å². The lowest BCUT2D eigenvalue weighted by Gasteiger charge is -2.22. The van der Waals surface area contributed by atoms with E-state index in [0.29, 0.717) is 0 Å². The van der Waals surface area contributed by atoms with Crippen LogP contribution in [0, 0.1) is 13.8 Å². The fraction of sp³-hybridized carbons (Fsp3) is 0.160. The monoisotopic (exact) mass is 670 g/mol. The van der Waals surface area contributed by atoms with E-state index in [-0.39, 0.29) is 10.8 Å². The molecule has 2 heterocycles. The minimum Gasteiger partial charge on any atom is -0.308 e. The van der Waals surface area contributed by atoms with Gasteiger partial charge in [-0.25, -0.2) is 0 Å². The molecule has 0 N–H and O–H groups in total. The first-order valence-corrected chi connectivity index (χ1v) is 18.5. The summed E-state index contributed by atoms with van der Waals surface area (Å²) in [6.45, 7) is 13.8. The van der Waals surface area contributed by atoms with Crippen molar-refractivity contribution in [3.63, 3.8) is 0 Å². The van der Waals surface area contributed by atoms with Gasteiger partial charge in [-0.3, -0.25) is 0 Å². The zero-order chi connectivity index (χ0) is 35.5. The summed E-state index contributed by atoms with van der Waals surface area (Å²) in [5, 5.41) is 0. The first-order valence-electron chi connectivity index (χ1n) is 18.5. The molecule has 2 aliphatic carbocycles. The zero-order valence-corrected chi connectivity index (χ0v) is 30.8. The van der Waals surface area contributed by atoms with Crippen molar-refractivity contribution in [1.82, 2.24) is 9.13 Å². The highest BCUT2D eigenvalue weighted by Gasteiger charge is 2.37. The molecule has 0 unspecified atom stereocenters. The average Bonchev–Trinajstić information content (AvgIpc) is 3.83. The van der Waals surface area contributed by atoms with Crippen LogP contribution >= 0.6 is 0 Å². The van der Waals surface area contributed by atoms with Gasteiger partial charge in [-0.15, -0.1) is 0 Å². The molecular weight excluding hydrogens is 629 g/mol. The third-order valence-electron chi connectivity index (χ3n) is 12.1. The smallest absolute Gasteiger partial charge is 0.0724 e. The number of hydrogen-bond acceptors (Lipinski definition) is 0. The van der Waals surface area contributed by atoms with Gasteiger partial charge in [-0.05, 0) is 129 Å². The highest BCUT2D eigenvalue weighted by Crippen LogP contribution is 2.52. The molecule has 6 aromatic carbocycles. The van der Waals surface area contributed by atoms with Crippen molar-refractivity contribution in [2.45, 2.75) is 52.4 Å². The van der Waals surface area contributed by atoms with Crippen molar-refractivity contribution in [2.24, 2.45) is 0 Å². The third kappa shape index (κ3) is 4.30. The first-order chi connectivity index (χ1) is 25.1. The molecule has 252 valence electrons. The molecule has 2 heteroatoms. The van der Waals surface area contributed by atoms with Crippen molar-refractivity contribution in [3.05, 3.63) is 179 Å². The molecule has 0 atom stereocenters. The average molecular weight is 671 g/mol. The fourth-order valence-electron chi connectivity index (χ4n) is 9.40. The molecule has 0 spiro atoms. The Bertz CT molecular complexity index is 2570. The summed E-state index contributed by atoms with van der Waals surface area (Å²) in [6, 6.07) is 54.8. The van der Waals surface area contributed by atoms with Crippen LogP contribution in [0.25, 0.3) is 67.2 Å². The first kappa shape index (κ1) is 30.9. The second-order valence-electron chi connectivity index (χ2n) is 16.0. The summed E-state index contributed by atoms with van der Waals surface area (Å²) in [5.74, 6) is 0. The lowest BCUT2D eigenvalue weighted by Crippen LogP contribution is -2.15. The summed E-state index contributed by atoms with van der Waals surface area (Å²) >= 11 is 0. The van der Waals surface area contributed by atoms with Crippen molar-refractivity contribution in [3.8, 4) is 56.1 Å². The number of aryl methyl sites for hydroxylation is 2. The zero-order valence-electron chi connectivity index (χ0n) is 30.8. The molecule has 10 rings (SSSR count). The molecule has 2 aromatic heterocycles. The quantitative estimate of drug-likeness (QED) is 0.176. The predicted molar refractivity (Wildman–Crippen MR) is 218 cm³/mol. The van der Waals surface area contributed by atoms with Crippen molar-refractivity contribution >= 4 is 11.0 Å². The van der Waals surface area contributed by atoms with Crippen LogP contribution in [0.3, 0.4) is 0 Å². The molecule has 52 heavy (non-hydrogen) atoms. The Balaban J connectivity index is 1.24. The number of hydrogen-bond donors (Lipinski definition) is 0. The molecule has 0 radical (unpaired) electrons. The predicted octanol–water partition coefficient (Wildman–Crippen LogP) is 13.0. The van der Waals surface area contributed by atoms with Gasteiger partial charge in [0.15, 0.2) is 0 Å². The SMILES string of the molecule is Cc1cccc(-n2c(-c3ccc4c(c3)C(C)(C)c3ccccc3-4)cc3c2cc(-c2ccc4c(c2)C(C)(C)c2ccccc2-4)n3-c2cccc(C)c2)c1. The molecule has 8 aromatic rings. The van der Waals surface area contributed by atoms with Gasteiger partial charge in [-0.1, -0.05) is 125 Å². The molecule has 0 fully saturated rings. The second kappa shape index (κ2) is 10.8. The number of rotatable bonds is 4. The summed E-state index contributed by atoms with van der Waals surface area (Å²) < 4.78 is 4.98. The molecular formula is C50H42N2. The van der Waals surface area contributed by atoms with Crippen molar-refractivity contribution in [1.29, 1.82) is 0 Å². The lowest BCUT2D eigenvalue weighted by atomic mass is 9.82. The Hall–Kier alpha value is -5.86. The van der Waals surface area contributed by atoms with Gasteiger partial charge in [0, 0.05) is 22.2 Å². The van der Waals surface area contributed by atoms with E-state index in [1.165, 1.54) is 101 Å². The number of aromatic nitrogens is 2. The number of fused-ring (bicyclic) bond motifs is 7. The maximum atomic E-state index is 2.49. The molecule has 0 amide bonds. The molecule has 0 saturated carbocycles. The normalized spacial score (nSPS) is 14.7. The van der Waals surface area contributed by atoms with Gasteiger partial charge in [0.05, 0.1) is 22.4 Å². The molecule has 0 bridgehead atoms. The van der Waals surface area contributed by atoms with E-state index in [4.69, 9.17) is 0 Å². The summed E-state index contributed by atoms with van der Waals surface area (Å²) in [4.78, 5) is 0. The van der Waals surface area contributed by atoms with Crippen LogP contribution in [0.15, 0.2) is 146 Å². The summed E-state index contributed by atoms with van der Waals surface area (Å²) in [7, 11) is 0. The molecule has 0 saturated heterocycles. The number of nitrogens with zero attached hydrogens (tertiary/aromatic N) is 2. The van der Waals surface area contributed by atoms with Crippen molar-refractivity contribution in [2.75, 3.05) is 0 Å². The standard InChI is InChI=1S/C50H42N2/c1-31-13-11-15-35(25-31)51-45(33-21-23-39-37-17-7-9-19-41(37)49(3,4)43(39)27-33)29-48-47(51)30-46(52(48)36-16-12-14-32(2)26-36)34-22-24-40-38-18-8-10-20-42(38)50(5,6)44(40)28-34/h7-30H,1-6H3. The van der Waals surface area contributed by atoms with E-state index in [0.717, 1.165) is 0 Å². The van der Waals surface area contributed by atoms with E-state index in [1.54, 1.807) is 0 Å². The Labute approximate surface area is 306 Å². The van der Waals surface area contributed by atoms with Gasteiger partial charge in [0.25, 0.3) is 0 Å². The van der Waals surface area contributed by atoms with Crippen LogP contribution in [0.2, 0.25) is 0 Å². The third-order valence-corrected chi connectivity index (χ3v) is 12.1. The molecule has 2 aliphatic rings. The van der Waals surface area contributed by atoms with Gasteiger partial charge >= 0.3 is 0 Å². The Morgan fingerprint density at radius 1 is 0.365 bits per heavy atom. The molecule has 0 aliphatic heterocycles. The van der Waals surface area contributed by atoms with Crippen LogP contribution in [0.5, 0.6) is 0 Å². The second-order valence-corrected chi connectivity index (χ2v) is 16.0. The van der Waals surface area contributed by atoms with E-state index < -0.39 is 0 Å². The van der Waals surface area contributed by atoms with Crippen LogP contribution in [-0.4, -0.2) is 9.13 Å². The number of benzene rings is 6. The lowest BCUT2D eigenvalue weighted by molar-refractivity contribution is 0.660. The molecule has 2 nitrogen and oxygen atoms in total. The van der Waals surface area contributed by atoms with E-state index >= 15 is 0 Å². The van der Waals surface area contributed by atoms with Crippen LogP contribution in [0.1, 0.15) is 61.1 Å². The summed E-state index contributed by atoms with van der Waals surface area (Å²) in [6.07, 6.45) is 0. The highest BCUT2D eigenvalue weighted by molar-refractivity contribution is 5.95. The Morgan fingerprint density at radius 2 is 0.769 bits per heavy atom.